The Bertz CT molecular complexity index is 426. The standard InChI is InChI=1S/C16H26N2S/c1-16(2,3)15-18-14(12-19-15)11-17-10-9-13-7-5-4-6-8-13/h7,12,17H,4-6,8-11H2,1-3H3. The molecule has 1 aromatic heterocycles. The van der Waals surface area contributed by atoms with Gasteiger partial charge in [-0.25, -0.2) is 4.98 Å². The summed E-state index contributed by atoms with van der Waals surface area (Å²) in [6.07, 6.45) is 9.00. The second-order valence-corrected chi connectivity index (χ2v) is 7.29. The average Bonchev–Trinajstić information content (AvgIpc) is 2.85. The zero-order chi connectivity index (χ0) is 13.7. The Labute approximate surface area is 121 Å². The second-order valence-electron chi connectivity index (χ2n) is 6.43. The van der Waals surface area contributed by atoms with E-state index in [9.17, 15) is 0 Å². The maximum atomic E-state index is 4.71. The minimum atomic E-state index is 0.176. The molecule has 19 heavy (non-hydrogen) atoms. The fourth-order valence-electron chi connectivity index (χ4n) is 2.33. The van der Waals surface area contributed by atoms with Gasteiger partial charge in [0.05, 0.1) is 10.7 Å². The van der Waals surface area contributed by atoms with Gasteiger partial charge < -0.3 is 5.32 Å². The third-order valence-electron chi connectivity index (χ3n) is 3.51. The van der Waals surface area contributed by atoms with Crippen molar-refractivity contribution in [2.45, 2.75) is 64.8 Å². The van der Waals surface area contributed by atoms with Gasteiger partial charge in [0.2, 0.25) is 0 Å². The summed E-state index contributed by atoms with van der Waals surface area (Å²) in [5.41, 5.74) is 3.01. The van der Waals surface area contributed by atoms with Crippen LogP contribution < -0.4 is 5.32 Å². The van der Waals surface area contributed by atoms with E-state index in [1.807, 2.05) is 0 Å². The van der Waals surface area contributed by atoms with Crippen LogP contribution in [0.1, 0.15) is 63.6 Å². The minimum Gasteiger partial charge on any atom is -0.311 e. The topological polar surface area (TPSA) is 24.9 Å². The van der Waals surface area contributed by atoms with Crippen molar-refractivity contribution in [2.75, 3.05) is 6.54 Å². The van der Waals surface area contributed by atoms with Gasteiger partial charge in [-0.05, 0) is 38.6 Å². The van der Waals surface area contributed by atoms with Crippen molar-refractivity contribution in [1.29, 1.82) is 0 Å². The van der Waals surface area contributed by atoms with E-state index >= 15 is 0 Å². The van der Waals surface area contributed by atoms with Crippen molar-refractivity contribution in [1.82, 2.24) is 10.3 Å². The summed E-state index contributed by atoms with van der Waals surface area (Å²) in [6, 6.07) is 0. The van der Waals surface area contributed by atoms with Crippen LogP contribution in [0.2, 0.25) is 0 Å². The molecule has 0 aliphatic heterocycles. The van der Waals surface area contributed by atoms with Gasteiger partial charge in [-0.1, -0.05) is 32.4 Å². The van der Waals surface area contributed by atoms with Gasteiger partial charge in [0.1, 0.15) is 0 Å². The molecule has 0 radical (unpaired) electrons. The van der Waals surface area contributed by atoms with Crippen molar-refractivity contribution >= 4 is 11.3 Å². The van der Waals surface area contributed by atoms with Gasteiger partial charge in [0.15, 0.2) is 0 Å². The Kier molecular flexibility index (Phi) is 5.17. The van der Waals surface area contributed by atoms with Crippen molar-refractivity contribution < 1.29 is 0 Å². The van der Waals surface area contributed by atoms with E-state index in [0.29, 0.717) is 0 Å². The smallest absolute Gasteiger partial charge is 0.0982 e. The van der Waals surface area contributed by atoms with Crippen molar-refractivity contribution in [3.63, 3.8) is 0 Å². The van der Waals surface area contributed by atoms with Crippen molar-refractivity contribution in [2.24, 2.45) is 0 Å². The Morgan fingerprint density at radius 2 is 2.16 bits per heavy atom. The van der Waals surface area contributed by atoms with E-state index in [-0.39, 0.29) is 5.41 Å². The second kappa shape index (κ2) is 6.67. The Balaban J connectivity index is 1.71. The van der Waals surface area contributed by atoms with Crippen LogP contribution in [0.25, 0.3) is 0 Å². The first-order valence-electron chi connectivity index (χ1n) is 7.39. The highest BCUT2D eigenvalue weighted by atomic mass is 32.1. The molecule has 1 aliphatic carbocycles. The monoisotopic (exact) mass is 278 g/mol. The molecule has 1 aromatic rings. The summed E-state index contributed by atoms with van der Waals surface area (Å²) in [7, 11) is 0. The number of aromatic nitrogens is 1. The zero-order valence-electron chi connectivity index (χ0n) is 12.5. The molecule has 1 aliphatic rings. The molecule has 3 heteroatoms. The molecule has 0 aromatic carbocycles. The molecule has 0 fully saturated rings. The Hall–Kier alpha value is -0.670. The predicted molar refractivity (Wildman–Crippen MR) is 83.7 cm³/mol. The quantitative estimate of drug-likeness (QED) is 0.637. The Morgan fingerprint density at radius 1 is 1.32 bits per heavy atom. The van der Waals surface area contributed by atoms with Gasteiger partial charge in [-0.15, -0.1) is 11.3 Å². The maximum Gasteiger partial charge on any atom is 0.0982 e. The van der Waals surface area contributed by atoms with Crippen LogP contribution in [0.5, 0.6) is 0 Å². The van der Waals surface area contributed by atoms with Crippen LogP contribution in [-0.4, -0.2) is 11.5 Å². The fourth-order valence-corrected chi connectivity index (χ4v) is 3.24. The molecule has 106 valence electrons. The molecular weight excluding hydrogens is 252 g/mol. The van der Waals surface area contributed by atoms with Crippen molar-refractivity contribution in [3.05, 3.63) is 27.7 Å². The number of allylic oxidation sites excluding steroid dienone is 1. The lowest BCUT2D eigenvalue weighted by Gasteiger charge is -2.14. The molecule has 2 rings (SSSR count). The van der Waals surface area contributed by atoms with Crippen LogP contribution in [-0.2, 0) is 12.0 Å². The summed E-state index contributed by atoms with van der Waals surface area (Å²) in [4.78, 5) is 4.71. The molecule has 0 amide bonds. The number of hydrogen-bond donors (Lipinski definition) is 1. The lowest BCUT2D eigenvalue weighted by atomic mass is 9.97. The SMILES string of the molecule is CC(C)(C)c1nc(CNCCC2=CCCCC2)cs1. The largest absolute Gasteiger partial charge is 0.311 e. The summed E-state index contributed by atoms with van der Waals surface area (Å²) in [5, 5.41) is 6.94. The molecule has 0 saturated heterocycles. The van der Waals surface area contributed by atoms with Crippen LogP contribution >= 0.6 is 11.3 Å². The normalized spacial score (nSPS) is 16.5. The fraction of sp³-hybridized carbons (Fsp3) is 0.688. The third-order valence-corrected chi connectivity index (χ3v) is 4.82. The first kappa shape index (κ1) is 14.7. The molecular formula is C16H26N2S. The van der Waals surface area contributed by atoms with Crippen LogP contribution in [0.3, 0.4) is 0 Å². The molecule has 0 spiro atoms. The lowest BCUT2D eigenvalue weighted by molar-refractivity contribution is 0.578. The van der Waals surface area contributed by atoms with E-state index in [1.54, 1.807) is 16.9 Å². The summed E-state index contributed by atoms with van der Waals surface area (Å²) in [5.74, 6) is 0. The summed E-state index contributed by atoms with van der Waals surface area (Å²) in [6.45, 7) is 8.64. The highest BCUT2D eigenvalue weighted by Gasteiger charge is 2.17. The van der Waals surface area contributed by atoms with Gasteiger partial charge in [-0.2, -0.15) is 0 Å². The first-order chi connectivity index (χ1) is 9.05. The number of hydrogen-bond acceptors (Lipinski definition) is 3. The molecule has 0 bridgehead atoms. The van der Waals surface area contributed by atoms with Crippen LogP contribution in [0, 0.1) is 0 Å². The van der Waals surface area contributed by atoms with Gasteiger partial charge >= 0.3 is 0 Å². The molecule has 2 nitrogen and oxygen atoms in total. The van der Waals surface area contributed by atoms with Gasteiger partial charge in [0, 0.05) is 17.3 Å². The summed E-state index contributed by atoms with van der Waals surface area (Å²) < 4.78 is 0. The Morgan fingerprint density at radius 3 is 2.79 bits per heavy atom. The number of nitrogens with one attached hydrogen (secondary N) is 1. The van der Waals surface area contributed by atoms with E-state index < -0.39 is 0 Å². The third kappa shape index (κ3) is 4.73. The van der Waals surface area contributed by atoms with Crippen LogP contribution in [0.15, 0.2) is 17.0 Å². The molecule has 1 heterocycles. The molecule has 0 atom stereocenters. The van der Waals surface area contributed by atoms with E-state index in [2.05, 4.69) is 37.5 Å². The van der Waals surface area contributed by atoms with E-state index in [0.717, 1.165) is 13.1 Å². The highest BCUT2D eigenvalue weighted by molar-refractivity contribution is 7.09. The van der Waals surface area contributed by atoms with Gasteiger partial charge in [-0.3, -0.25) is 0 Å². The van der Waals surface area contributed by atoms with Gasteiger partial charge in [0.25, 0.3) is 0 Å². The van der Waals surface area contributed by atoms with E-state index in [4.69, 9.17) is 4.98 Å². The number of thiazole rings is 1. The van der Waals surface area contributed by atoms with Crippen molar-refractivity contribution in [3.8, 4) is 0 Å². The molecule has 0 unspecified atom stereocenters. The highest BCUT2D eigenvalue weighted by Crippen LogP contribution is 2.25. The summed E-state index contributed by atoms with van der Waals surface area (Å²) >= 11 is 1.78. The number of rotatable bonds is 5. The predicted octanol–water partition coefficient (Wildman–Crippen LogP) is 4.42. The number of nitrogens with zero attached hydrogens (tertiary/aromatic N) is 1. The minimum absolute atomic E-state index is 0.176. The van der Waals surface area contributed by atoms with E-state index in [1.165, 1.54) is 42.8 Å². The maximum absolute atomic E-state index is 4.71. The lowest BCUT2D eigenvalue weighted by Crippen LogP contribution is -2.16. The molecule has 1 N–H and O–H groups in total. The molecule has 0 saturated carbocycles. The van der Waals surface area contributed by atoms with Crippen LogP contribution in [0.4, 0.5) is 0 Å². The first-order valence-corrected chi connectivity index (χ1v) is 8.27. The zero-order valence-corrected chi connectivity index (χ0v) is 13.3. The average molecular weight is 278 g/mol.